The summed E-state index contributed by atoms with van der Waals surface area (Å²) in [7, 11) is -1.73. The van der Waals surface area contributed by atoms with Gasteiger partial charge in [0.15, 0.2) is 0 Å². The molecule has 8 nitrogen and oxygen atoms in total. The Bertz CT molecular complexity index is 1260. The van der Waals surface area contributed by atoms with Crippen LogP contribution in [0.5, 0.6) is 0 Å². The van der Waals surface area contributed by atoms with Crippen molar-refractivity contribution in [1.29, 1.82) is 0 Å². The number of ether oxygens (including phenoxy) is 1. The number of nitrogens with zero attached hydrogens (tertiary/aromatic N) is 4. The summed E-state index contributed by atoms with van der Waals surface area (Å²) in [6.07, 6.45) is 11.6. The number of aliphatic imine (C=N–C) groups is 1. The van der Waals surface area contributed by atoms with Crippen LogP contribution in [0, 0.1) is 11.8 Å². The first-order valence-corrected chi connectivity index (χ1v) is 14.6. The van der Waals surface area contributed by atoms with E-state index in [1.165, 1.54) is 10.2 Å². The van der Waals surface area contributed by atoms with E-state index < -0.39 is 20.9 Å². The lowest BCUT2D eigenvalue weighted by Gasteiger charge is -2.40. The van der Waals surface area contributed by atoms with E-state index in [1.54, 1.807) is 29.3 Å². The van der Waals surface area contributed by atoms with E-state index >= 15 is 0 Å². The van der Waals surface area contributed by atoms with Crippen LogP contribution in [0.4, 0.5) is 10.6 Å². The molecule has 0 bridgehead atoms. The number of aromatic nitrogens is 1. The van der Waals surface area contributed by atoms with E-state index in [1.807, 2.05) is 64.8 Å². The Morgan fingerprint density at radius 2 is 2.03 bits per heavy atom. The van der Waals surface area contributed by atoms with Gasteiger partial charge in [0, 0.05) is 37.9 Å². The van der Waals surface area contributed by atoms with E-state index in [2.05, 4.69) is 18.5 Å². The van der Waals surface area contributed by atoms with Crippen LogP contribution in [0.15, 0.2) is 71.2 Å². The minimum Gasteiger partial charge on any atom is -0.444 e. The average Bonchev–Trinajstić information content (AvgIpc) is 3.33. The van der Waals surface area contributed by atoms with Gasteiger partial charge in [0.25, 0.3) is 0 Å². The van der Waals surface area contributed by atoms with Gasteiger partial charge in [-0.15, -0.1) is 0 Å². The summed E-state index contributed by atoms with van der Waals surface area (Å²) >= 11 is 0. The third-order valence-corrected chi connectivity index (χ3v) is 9.05. The van der Waals surface area contributed by atoms with Crippen molar-refractivity contribution in [3.8, 4) is 0 Å². The van der Waals surface area contributed by atoms with Crippen molar-refractivity contribution in [2.24, 2.45) is 16.8 Å². The van der Waals surface area contributed by atoms with Crippen LogP contribution in [0.1, 0.15) is 54.4 Å². The molecular weight excluding hydrogens is 500 g/mol. The fourth-order valence-electron chi connectivity index (χ4n) is 4.64. The zero-order valence-electron chi connectivity index (χ0n) is 23.7. The van der Waals surface area contributed by atoms with Crippen LogP contribution < -0.4 is 0 Å². The second-order valence-electron chi connectivity index (χ2n) is 11.1. The number of piperidine rings is 1. The highest BCUT2D eigenvalue weighted by Crippen LogP contribution is 2.32. The van der Waals surface area contributed by atoms with E-state index in [-0.39, 0.29) is 12.0 Å². The molecule has 0 N–H and O–H groups in total. The van der Waals surface area contributed by atoms with Crippen molar-refractivity contribution in [3.05, 3.63) is 66.2 Å². The van der Waals surface area contributed by atoms with Crippen molar-refractivity contribution < 1.29 is 17.9 Å². The first kappa shape index (κ1) is 29.5. The third kappa shape index (κ3) is 6.87. The van der Waals surface area contributed by atoms with E-state index in [0.29, 0.717) is 31.2 Å². The molecule has 3 atom stereocenters. The summed E-state index contributed by atoms with van der Waals surface area (Å²) in [6.45, 7) is 17.2. The Balaban J connectivity index is 1.75. The lowest BCUT2D eigenvalue weighted by Crippen LogP contribution is -2.47. The molecule has 2 heterocycles. The molecule has 0 saturated carbocycles. The molecule has 38 heavy (non-hydrogen) atoms. The summed E-state index contributed by atoms with van der Waals surface area (Å²) in [4.78, 5) is 21.0. The Hall–Kier alpha value is -3.07. The van der Waals surface area contributed by atoms with Gasteiger partial charge in [-0.25, -0.2) is 22.2 Å². The molecule has 0 aromatic carbocycles. The zero-order chi connectivity index (χ0) is 28.3. The standard InChI is InChI=1S/C29H42N4O4S/c1-9-24(19-30-27-11-10-17-33(27)38(35,36)25-14-12-21(2)13-15-25)31(8)23(4)26-20-32(18-16-22(26)3)28(34)37-29(5,6)7/h9-14,17,19,22,25-26H,4,15-16,18,20H2,1-3,5-8H3/b24-9-,30-19-. The van der Waals surface area contributed by atoms with Crippen LogP contribution in [-0.2, 0) is 14.8 Å². The maximum atomic E-state index is 13.3. The zero-order valence-corrected chi connectivity index (χ0v) is 24.5. The third-order valence-electron chi connectivity index (χ3n) is 7.08. The minimum absolute atomic E-state index is 0.0449. The molecule has 1 aliphatic carbocycles. The molecule has 3 rings (SSSR count). The number of likely N-dealkylation sites (tertiary alicyclic amines) is 1. The highest BCUT2D eigenvalue weighted by Gasteiger charge is 2.34. The number of hydrogen-bond acceptors (Lipinski definition) is 6. The normalized spacial score (nSPS) is 22.9. The molecule has 2 aliphatic rings. The van der Waals surface area contributed by atoms with Gasteiger partial charge in [-0.2, -0.15) is 0 Å². The van der Waals surface area contributed by atoms with Crippen molar-refractivity contribution in [3.63, 3.8) is 0 Å². The lowest BCUT2D eigenvalue weighted by atomic mass is 9.84. The smallest absolute Gasteiger partial charge is 0.410 e. The molecule has 9 heteroatoms. The number of hydrogen-bond donors (Lipinski definition) is 0. The molecule has 208 valence electrons. The molecule has 0 radical (unpaired) electrons. The summed E-state index contributed by atoms with van der Waals surface area (Å²) in [6, 6.07) is 3.37. The van der Waals surface area contributed by atoms with Crippen LogP contribution in [-0.4, -0.2) is 65.5 Å². The Morgan fingerprint density at radius 1 is 1.32 bits per heavy atom. The fraction of sp³-hybridized carbons (Fsp3) is 0.517. The van der Waals surface area contributed by atoms with E-state index in [0.717, 1.165) is 23.4 Å². The number of carbonyl (C=O) groups is 1. The first-order chi connectivity index (χ1) is 17.7. The van der Waals surface area contributed by atoms with Gasteiger partial charge in [-0.1, -0.05) is 43.4 Å². The average molecular weight is 543 g/mol. The Morgan fingerprint density at radius 3 is 2.63 bits per heavy atom. The van der Waals surface area contributed by atoms with Crippen LogP contribution in [0.3, 0.4) is 0 Å². The molecule has 0 spiro atoms. The predicted molar refractivity (Wildman–Crippen MR) is 154 cm³/mol. The van der Waals surface area contributed by atoms with Crippen molar-refractivity contribution in [2.45, 2.75) is 65.2 Å². The van der Waals surface area contributed by atoms with Gasteiger partial charge in [-0.3, -0.25) is 0 Å². The largest absolute Gasteiger partial charge is 0.444 e. The van der Waals surface area contributed by atoms with Gasteiger partial charge in [0.05, 0.1) is 11.9 Å². The lowest BCUT2D eigenvalue weighted by molar-refractivity contribution is 0.0128. The molecule has 1 fully saturated rings. The minimum atomic E-state index is -3.64. The van der Waals surface area contributed by atoms with Crippen molar-refractivity contribution in [1.82, 2.24) is 13.8 Å². The number of allylic oxidation sites excluding steroid dienone is 5. The van der Waals surface area contributed by atoms with E-state index in [9.17, 15) is 13.2 Å². The van der Waals surface area contributed by atoms with E-state index in [4.69, 9.17) is 4.74 Å². The first-order valence-electron chi connectivity index (χ1n) is 13.1. The Labute approximate surface area is 228 Å². The van der Waals surface area contributed by atoms with Gasteiger partial charge in [-0.05, 0) is 65.5 Å². The van der Waals surface area contributed by atoms with Gasteiger partial charge < -0.3 is 14.5 Å². The number of rotatable bonds is 7. The summed E-state index contributed by atoms with van der Waals surface area (Å²) in [5.41, 5.74) is 2.15. The maximum Gasteiger partial charge on any atom is 0.410 e. The quantitative estimate of drug-likeness (QED) is 0.402. The molecule has 1 aliphatic heterocycles. The molecule has 1 saturated heterocycles. The second kappa shape index (κ2) is 11.8. The van der Waals surface area contributed by atoms with Crippen molar-refractivity contribution >= 4 is 28.1 Å². The van der Waals surface area contributed by atoms with Gasteiger partial charge in [0.1, 0.15) is 16.7 Å². The molecule has 1 amide bonds. The van der Waals surface area contributed by atoms with Gasteiger partial charge >= 0.3 is 6.09 Å². The molecule has 1 aromatic heterocycles. The fourth-order valence-corrected chi connectivity index (χ4v) is 6.16. The van der Waals surface area contributed by atoms with Crippen LogP contribution in [0.25, 0.3) is 0 Å². The molecule has 1 aromatic rings. The SMILES string of the molecule is C=C(C1CN(C(=O)OC(C)(C)C)CCC1C)N(C)C(/C=N\c1cccn1S(=O)(=O)C1C=CC(C)=CC1)=C\C. The summed E-state index contributed by atoms with van der Waals surface area (Å²) < 4.78 is 33.4. The highest BCUT2D eigenvalue weighted by molar-refractivity contribution is 7.90. The van der Waals surface area contributed by atoms with Crippen LogP contribution >= 0.6 is 0 Å². The van der Waals surface area contributed by atoms with Gasteiger partial charge in [0.2, 0.25) is 10.0 Å². The van der Waals surface area contributed by atoms with Crippen molar-refractivity contribution in [2.75, 3.05) is 20.1 Å². The highest BCUT2D eigenvalue weighted by atomic mass is 32.2. The monoisotopic (exact) mass is 542 g/mol. The number of carbonyl (C=O) groups excluding carboxylic acids is 1. The topological polar surface area (TPSA) is 84.2 Å². The summed E-state index contributed by atoms with van der Waals surface area (Å²) in [5.74, 6) is 0.718. The maximum absolute atomic E-state index is 13.3. The number of amides is 1. The van der Waals surface area contributed by atoms with Crippen LogP contribution in [0.2, 0.25) is 0 Å². The summed E-state index contributed by atoms with van der Waals surface area (Å²) in [5, 5.41) is -0.628. The second-order valence-corrected chi connectivity index (χ2v) is 13.1. The molecular formula is C29H42N4O4S. The predicted octanol–water partition coefficient (Wildman–Crippen LogP) is 5.89. The molecule has 3 unspecified atom stereocenters. The Kier molecular flexibility index (Phi) is 9.13.